The normalized spacial score (nSPS) is 11.2. The Morgan fingerprint density at radius 2 is 1.07 bits per heavy atom. The average Bonchev–Trinajstić information content (AvgIpc) is 2.20. The van der Waals surface area contributed by atoms with E-state index in [1.807, 2.05) is 0 Å². The number of hydrogen-bond acceptors (Lipinski definition) is 2. The zero-order chi connectivity index (χ0) is 11.4. The van der Waals surface area contributed by atoms with Crippen LogP contribution in [0.4, 0.5) is 0 Å². The third-order valence-corrected chi connectivity index (χ3v) is 2.72. The largest absolute Gasteiger partial charge is 0.311 e. The highest BCUT2D eigenvalue weighted by atomic mass is 14.8. The van der Waals surface area contributed by atoms with Crippen LogP contribution in [0.25, 0.3) is 0 Å². The number of hydrogen-bond donors (Lipinski definition) is 2. The summed E-state index contributed by atoms with van der Waals surface area (Å²) in [5, 5.41) is 0. The van der Waals surface area contributed by atoms with E-state index in [1.54, 1.807) is 0 Å². The average molecular weight is 212 g/mol. The topological polar surface area (TPSA) is 52.0 Å². The van der Waals surface area contributed by atoms with Gasteiger partial charge in [0.05, 0.1) is 6.17 Å². The molecular formula is C13H28N2. The molecule has 0 aliphatic carbocycles. The van der Waals surface area contributed by atoms with Crippen LogP contribution in [0.2, 0.25) is 0 Å². The maximum Gasteiger partial charge on any atom is 0.0955 e. The minimum atomic E-state index is 0.586. The molecule has 4 N–H and O–H groups in total. The Balaban J connectivity index is 2.87. The standard InChI is InChI=1S/C13H28N2/c1-2-3-4-5-6-7-8-9-10-11-12-13(14)15/h1-12,14-15H2. The molecule has 0 rings (SSSR count). The Bertz CT molecular complexity index is 113. The molecule has 0 unspecified atom stereocenters. The molecule has 0 bridgehead atoms. The zero-order valence-corrected chi connectivity index (χ0v) is 10.1. The summed E-state index contributed by atoms with van der Waals surface area (Å²) in [6.45, 7) is 3.85. The highest BCUT2D eigenvalue weighted by Crippen LogP contribution is 2.11. The molecule has 0 amide bonds. The van der Waals surface area contributed by atoms with Gasteiger partial charge in [0.2, 0.25) is 0 Å². The van der Waals surface area contributed by atoms with Gasteiger partial charge in [-0.05, 0) is 6.42 Å². The van der Waals surface area contributed by atoms with Gasteiger partial charge < -0.3 is 11.5 Å². The predicted molar refractivity (Wildman–Crippen MR) is 67.8 cm³/mol. The molecule has 0 aliphatic heterocycles. The van der Waals surface area contributed by atoms with Gasteiger partial charge in [-0.1, -0.05) is 71.1 Å². The number of rotatable bonds is 11. The van der Waals surface area contributed by atoms with Crippen LogP contribution in [0.15, 0.2) is 0 Å². The quantitative estimate of drug-likeness (QED) is 0.515. The highest BCUT2D eigenvalue weighted by molar-refractivity contribution is 4.71. The molecule has 0 spiro atoms. The van der Waals surface area contributed by atoms with Crippen molar-refractivity contribution in [2.24, 2.45) is 11.5 Å². The van der Waals surface area contributed by atoms with Gasteiger partial charge >= 0.3 is 0 Å². The number of unbranched alkanes of at least 4 members (excludes halogenated alkanes) is 9. The molecule has 15 heavy (non-hydrogen) atoms. The summed E-state index contributed by atoms with van der Waals surface area (Å²) >= 11 is 0. The van der Waals surface area contributed by atoms with Crippen molar-refractivity contribution in [2.45, 2.75) is 70.6 Å². The smallest absolute Gasteiger partial charge is 0.0955 e. The van der Waals surface area contributed by atoms with E-state index in [4.69, 9.17) is 11.5 Å². The van der Waals surface area contributed by atoms with Gasteiger partial charge in [-0.2, -0.15) is 0 Å². The van der Waals surface area contributed by atoms with Crippen LogP contribution in [-0.4, -0.2) is 0 Å². The van der Waals surface area contributed by atoms with E-state index in [-0.39, 0.29) is 0 Å². The van der Waals surface area contributed by atoms with Crippen LogP contribution in [0.5, 0.6) is 0 Å². The van der Waals surface area contributed by atoms with Crippen molar-refractivity contribution in [3.05, 3.63) is 13.1 Å². The van der Waals surface area contributed by atoms with E-state index in [9.17, 15) is 0 Å². The monoisotopic (exact) mass is 212 g/mol. The predicted octanol–water partition coefficient (Wildman–Crippen LogP) is 3.52. The lowest BCUT2D eigenvalue weighted by Gasteiger charge is -2.04. The van der Waals surface area contributed by atoms with E-state index in [1.165, 1.54) is 51.4 Å². The first-order valence-corrected chi connectivity index (χ1v) is 6.43. The fourth-order valence-electron chi connectivity index (χ4n) is 1.74. The summed E-state index contributed by atoms with van der Waals surface area (Å²) in [4.78, 5) is 0. The first-order valence-electron chi connectivity index (χ1n) is 6.43. The van der Waals surface area contributed by atoms with Crippen molar-refractivity contribution in [3.8, 4) is 0 Å². The van der Waals surface area contributed by atoms with Crippen LogP contribution in [0.3, 0.4) is 0 Å². The van der Waals surface area contributed by atoms with Gasteiger partial charge in [-0.15, -0.1) is 0 Å². The van der Waals surface area contributed by atoms with Gasteiger partial charge in [0, 0.05) is 0 Å². The molecule has 0 fully saturated rings. The molecule has 2 heteroatoms. The van der Waals surface area contributed by atoms with Gasteiger partial charge in [-0.3, -0.25) is 0 Å². The third kappa shape index (κ3) is 13.9. The summed E-state index contributed by atoms with van der Waals surface area (Å²) in [6, 6.07) is 0. The van der Waals surface area contributed by atoms with Crippen molar-refractivity contribution < 1.29 is 0 Å². The summed E-state index contributed by atoms with van der Waals surface area (Å²) in [7, 11) is 0. The molecule has 2 nitrogen and oxygen atoms in total. The molecule has 0 aliphatic rings. The first-order chi connectivity index (χ1) is 7.27. The molecule has 90 valence electrons. The van der Waals surface area contributed by atoms with Crippen molar-refractivity contribution in [1.82, 2.24) is 0 Å². The van der Waals surface area contributed by atoms with Crippen molar-refractivity contribution in [2.75, 3.05) is 0 Å². The number of nitrogens with two attached hydrogens (primary N) is 2. The molecule has 0 atom stereocenters. The third-order valence-electron chi connectivity index (χ3n) is 2.72. The second kappa shape index (κ2) is 12.0. The van der Waals surface area contributed by atoms with E-state index >= 15 is 0 Å². The lowest BCUT2D eigenvalue weighted by Crippen LogP contribution is -2.19. The van der Waals surface area contributed by atoms with Crippen LogP contribution >= 0.6 is 0 Å². The van der Waals surface area contributed by atoms with Crippen molar-refractivity contribution in [1.29, 1.82) is 0 Å². The first kappa shape index (κ1) is 14.9. The Morgan fingerprint density at radius 1 is 0.667 bits per heavy atom. The van der Waals surface area contributed by atoms with Crippen molar-refractivity contribution >= 4 is 0 Å². The van der Waals surface area contributed by atoms with Gasteiger partial charge in [0.15, 0.2) is 0 Å². The van der Waals surface area contributed by atoms with Crippen molar-refractivity contribution in [3.63, 3.8) is 0 Å². The lowest BCUT2D eigenvalue weighted by atomic mass is 10.1. The van der Waals surface area contributed by atoms with Crippen LogP contribution < -0.4 is 11.5 Å². The Kier molecular flexibility index (Phi) is 11.9. The molecule has 0 saturated carbocycles. The van der Waals surface area contributed by atoms with Crippen LogP contribution in [0, 0.1) is 13.1 Å². The van der Waals surface area contributed by atoms with E-state index in [2.05, 4.69) is 6.92 Å². The molecule has 0 aromatic rings. The molecule has 0 heterocycles. The fourth-order valence-corrected chi connectivity index (χ4v) is 1.74. The molecule has 2 radical (unpaired) electrons. The maximum atomic E-state index is 5.39. The van der Waals surface area contributed by atoms with E-state index < -0.39 is 0 Å². The Hall–Kier alpha value is -0.0800. The molecule has 0 aromatic carbocycles. The summed E-state index contributed by atoms with van der Waals surface area (Å²) in [6.07, 6.45) is 14.5. The highest BCUT2D eigenvalue weighted by Gasteiger charge is 1.95. The second-order valence-corrected chi connectivity index (χ2v) is 4.36. The molecule has 0 aromatic heterocycles. The minimum absolute atomic E-state index is 0.586. The SMILES string of the molecule is [CH2]CCCCCCCCCCC[C](N)N. The van der Waals surface area contributed by atoms with E-state index in [0.717, 1.165) is 19.3 Å². The summed E-state index contributed by atoms with van der Waals surface area (Å²) in [5.41, 5.74) is 10.8. The maximum absolute atomic E-state index is 5.39. The Labute approximate surface area is 95.8 Å². The Morgan fingerprint density at radius 3 is 1.47 bits per heavy atom. The van der Waals surface area contributed by atoms with Crippen LogP contribution in [-0.2, 0) is 0 Å². The van der Waals surface area contributed by atoms with Gasteiger partial charge in [-0.25, -0.2) is 0 Å². The summed E-state index contributed by atoms with van der Waals surface area (Å²) in [5.74, 6) is 0. The van der Waals surface area contributed by atoms with Gasteiger partial charge in [0.25, 0.3) is 0 Å². The second-order valence-electron chi connectivity index (χ2n) is 4.36. The fraction of sp³-hybridized carbons (Fsp3) is 0.846. The minimum Gasteiger partial charge on any atom is -0.311 e. The van der Waals surface area contributed by atoms with Gasteiger partial charge in [0.1, 0.15) is 0 Å². The zero-order valence-electron chi connectivity index (χ0n) is 10.1. The lowest BCUT2D eigenvalue weighted by molar-refractivity contribution is 0.552. The van der Waals surface area contributed by atoms with E-state index in [0.29, 0.717) is 6.17 Å². The summed E-state index contributed by atoms with van der Waals surface area (Å²) < 4.78 is 0. The molecular weight excluding hydrogens is 184 g/mol. The van der Waals surface area contributed by atoms with Crippen LogP contribution in [0.1, 0.15) is 70.6 Å². The molecule has 0 saturated heterocycles.